The zero-order valence-electron chi connectivity index (χ0n) is 16.0. The third-order valence-electron chi connectivity index (χ3n) is 2.62. The molecule has 0 atom stereocenters. The summed E-state index contributed by atoms with van der Waals surface area (Å²) in [6.07, 6.45) is 1.05. The number of benzene rings is 2. The fraction of sp³-hybridized carbons (Fsp3) is 0.333. The van der Waals surface area contributed by atoms with Crippen LogP contribution in [0.1, 0.15) is 31.9 Å². The first kappa shape index (κ1) is 25.7. The summed E-state index contributed by atoms with van der Waals surface area (Å²) < 4.78 is 0. The number of hydrogen-bond acceptors (Lipinski definition) is 0. The van der Waals surface area contributed by atoms with Crippen molar-refractivity contribution in [3.8, 4) is 11.1 Å². The zero-order valence-corrected chi connectivity index (χ0v) is 19.6. The SMILES string of the molecule is CC(C)(C)[NH-].[CH2-][SiH](C)C.[CH3-].[Zr+4].[c-]1cccc2c1Cc1ccccc1-2. The summed E-state index contributed by atoms with van der Waals surface area (Å²) >= 11 is 0. The minimum atomic E-state index is -0.389. The molecule has 0 radical (unpaired) electrons. The van der Waals surface area contributed by atoms with Crippen molar-refractivity contribution >= 4 is 8.80 Å². The van der Waals surface area contributed by atoms with Crippen LogP contribution in [-0.4, -0.2) is 14.3 Å². The first-order chi connectivity index (χ1) is 10.2. The van der Waals surface area contributed by atoms with Crippen LogP contribution < -0.4 is 0 Å². The molecule has 2 aromatic carbocycles. The minimum Gasteiger partial charge on any atom is -0.673 e. The topological polar surface area (TPSA) is 23.8 Å². The molecule has 0 unspecified atom stereocenters. The standard InChI is InChI=1S/C13H9.C4H10N.C3H9Si.CH3.Zr/c1-3-7-12-10(5-1)9-11-6-2-4-8-13(11)12;1-4(2,3)5;1-4(2)3;;/h1-5,7-8H,9H2;5H,1-3H3;4H,1H2,2-3H3;1H3;/q4*-1;+4. The Kier molecular flexibility index (Phi) is 12.8. The van der Waals surface area contributed by atoms with E-state index < -0.39 is 0 Å². The summed E-state index contributed by atoms with van der Waals surface area (Å²) in [4.78, 5) is 0. The fourth-order valence-electron chi connectivity index (χ4n) is 2.00. The molecule has 128 valence electrons. The first-order valence-electron chi connectivity index (χ1n) is 7.84. The van der Waals surface area contributed by atoms with Crippen molar-refractivity contribution in [2.24, 2.45) is 0 Å². The summed E-state index contributed by atoms with van der Waals surface area (Å²) in [6.45, 7) is 13.7. The Labute approximate surface area is 170 Å². The first-order valence-corrected chi connectivity index (χ1v) is 11.0. The van der Waals surface area contributed by atoms with E-state index >= 15 is 0 Å². The quantitative estimate of drug-likeness (QED) is 0.308. The maximum Gasteiger partial charge on any atom is 4.00 e. The van der Waals surface area contributed by atoms with Crippen molar-refractivity contribution < 1.29 is 26.2 Å². The summed E-state index contributed by atoms with van der Waals surface area (Å²) in [6, 6.07) is 18.1. The van der Waals surface area contributed by atoms with Gasteiger partial charge in [0.25, 0.3) is 0 Å². The summed E-state index contributed by atoms with van der Waals surface area (Å²) in [5.74, 6) is 0. The molecule has 0 bridgehead atoms. The monoisotopic (exact) mass is 415 g/mol. The molecular weight excluding hydrogens is 386 g/mol. The Hall–Kier alpha value is -0.500. The van der Waals surface area contributed by atoms with Crippen molar-refractivity contribution in [1.82, 2.24) is 0 Å². The molecule has 0 aromatic heterocycles. The van der Waals surface area contributed by atoms with Gasteiger partial charge in [0.15, 0.2) is 0 Å². The van der Waals surface area contributed by atoms with Crippen LogP contribution in [-0.2, 0) is 32.6 Å². The summed E-state index contributed by atoms with van der Waals surface area (Å²) in [7, 11) is -0.389. The van der Waals surface area contributed by atoms with Crippen molar-refractivity contribution in [2.45, 2.75) is 45.8 Å². The van der Waals surface area contributed by atoms with Crippen LogP contribution in [0.3, 0.4) is 0 Å². The Bertz CT molecular complexity index is 536. The average molecular weight is 417 g/mol. The second-order valence-electron chi connectivity index (χ2n) is 7.04. The van der Waals surface area contributed by atoms with Gasteiger partial charge in [0.1, 0.15) is 0 Å². The summed E-state index contributed by atoms with van der Waals surface area (Å²) in [5.41, 5.74) is 12.2. The van der Waals surface area contributed by atoms with Gasteiger partial charge < -0.3 is 19.7 Å². The molecule has 1 aliphatic carbocycles. The van der Waals surface area contributed by atoms with E-state index in [2.05, 4.69) is 62.1 Å². The molecule has 3 rings (SSSR count). The molecular formula is C21H31NSiZr. The molecule has 24 heavy (non-hydrogen) atoms. The zero-order chi connectivity index (χ0) is 16.8. The average Bonchev–Trinajstić information content (AvgIpc) is 2.74. The van der Waals surface area contributed by atoms with Gasteiger partial charge in [-0.05, 0) is 6.42 Å². The van der Waals surface area contributed by atoms with Gasteiger partial charge in [0, 0.05) is 0 Å². The van der Waals surface area contributed by atoms with E-state index in [9.17, 15) is 0 Å². The van der Waals surface area contributed by atoms with E-state index in [-0.39, 0.29) is 48.0 Å². The van der Waals surface area contributed by atoms with Crippen molar-refractivity contribution in [2.75, 3.05) is 0 Å². The van der Waals surface area contributed by atoms with Gasteiger partial charge >= 0.3 is 26.2 Å². The minimum absolute atomic E-state index is 0. The Balaban J connectivity index is 0. The van der Waals surface area contributed by atoms with Gasteiger partial charge in [-0.25, -0.2) is 0 Å². The van der Waals surface area contributed by atoms with Crippen LogP contribution in [0.25, 0.3) is 16.9 Å². The Morgan fingerprint density at radius 3 is 2.04 bits per heavy atom. The van der Waals surface area contributed by atoms with E-state index in [0.29, 0.717) is 0 Å². The Morgan fingerprint density at radius 1 is 1.04 bits per heavy atom. The number of nitrogens with one attached hydrogen (secondary N) is 1. The van der Waals surface area contributed by atoms with E-state index in [0.717, 1.165) is 6.42 Å². The smallest absolute Gasteiger partial charge is 0.673 e. The van der Waals surface area contributed by atoms with E-state index in [1.165, 1.54) is 22.3 Å². The molecule has 0 fully saturated rings. The normalized spacial score (nSPS) is 10.7. The molecule has 0 heterocycles. The molecule has 0 saturated heterocycles. The molecule has 3 heteroatoms. The van der Waals surface area contributed by atoms with Crippen molar-refractivity contribution in [1.29, 1.82) is 0 Å². The molecule has 1 N–H and O–H groups in total. The van der Waals surface area contributed by atoms with E-state index in [1.807, 2.05) is 26.8 Å². The van der Waals surface area contributed by atoms with Gasteiger partial charge in [-0.1, -0.05) is 69.3 Å². The second-order valence-corrected chi connectivity index (χ2v) is 9.83. The van der Waals surface area contributed by atoms with Crippen LogP contribution in [0, 0.1) is 20.0 Å². The molecule has 2 aromatic rings. The third-order valence-corrected chi connectivity index (χ3v) is 2.62. The van der Waals surface area contributed by atoms with E-state index in [1.54, 1.807) is 0 Å². The van der Waals surface area contributed by atoms with Crippen LogP contribution >= 0.6 is 0 Å². The molecule has 0 aliphatic heterocycles. The van der Waals surface area contributed by atoms with Gasteiger partial charge in [-0.2, -0.15) is 29.8 Å². The van der Waals surface area contributed by atoms with Gasteiger partial charge in [-0.3, -0.25) is 0 Å². The molecule has 1 aliphatic rings. The largest absolute Gasteiger partial charge is 4.00 e. The third kappa shape index (κ3) is 10.4. The number of hydrogen-bond donors (Lipinski definition) is 0. The maximum atomic E-state index is 6.94. The molecule has 0 spiro atoms. The molecule has 0 amide bonds. The van der Waals surface area contributed by atoms with Crippen LogP contribution in [0.4, 0.5) is 0 Å². The predicted molar refractivity (Wildman–Crippen MR) is 108 cm³/mol. The van der Waals surface area contributed by atoms with E-state index in [4.69, 9.17) is 5.73 Å². The predicted octanol–water partition coefficient (Wildman–Crippen LogP) is 6.19. The van der Waals surface area contributed by atoms with Gasteiger partial charge in [-0.15, -0.1) is 19.9 Å². The molecule has 1 nitrogen and oxygen atoms in total. The summed E-state index contributed by atoms with van der Waals surface area (Å²) in [5, 5.41) is 0. The second kappa shape index (κ2) is 12.0. The number of fused-ring (bicyclic) bond motifs is 3. The van der Waals surface area contributed by atoms with Crippen molar-refractivity contribution in [3.63, 3.8) is 0 Å². The van der Waals surface area contributed by atoms with Crippen LogP contribution in [0.15, 0.2) is 42.5 Å². The maximum absolute atomic E-state index is 6.94. The van der Waals surface area contributed by atoms with Crippen LogP contribution in [0.5, 0.6) is 0 Å². The fourth-order valence-corrected chi connectivity index (χ4v) is 2.00. The van der Waals surface area contributed by atoms with Gasteiger partial charge in [0.2, 0.25) is 0 Å². The number of rotatable bonds is 0. The van der Waals surface area contributed by atoms with Crippen molar-refractivity contribution in [3.05, 3.63) is 79.4 Å². The Morgan fingerprint density at radius 2 is 1.50 bits per heavy atom. The van der Waals surface area contributed by atoms with Gasteiger partial charge in [0.05, 0.1) is 0 Å². The molecule has 0 saturated carbocycles. The van der Waals surface area contributed by atoms with Crippen LogP contribution in [0.2, 0.25) is 13.1 Å².